The van der Waals surface area contributed by atoms with Crippen LogP contribution in [-0.4, -0.2) is 19.6 Å². The highest BCUT2D eigenvalue weighted by Gasteiger charge is 2.23. The van der Waals surface area contributed by atoms with Crippen molar-refractivity contribution in [2.24, 2.45) is 0 Å². The average molecular weight is 327 g/mol. The highest BCUT2D eigenvalue weighted by molar-refractivity contribution is 7.19. The van der Waals surface area contributed by atoms with Crippen LogP contribution in [0.2, 0.25) is 5.28 Å². The summed E-state index contributed by atoms with van der Waals surface area (Å²) in [5, 5.41) is 6.06. The molecule has 0 unspecified atom stereocenters. The minimum absolute atomic E-state index is 0.372. The summed E-state index contributed by atoms with van der Waals surface area (Å²) >= 11 is 8.06. The van der Waals surface area contributed by atoms with Crippen LogP contribution in [0.25, 0.3) is 27.3 Å². The van der Waals surface area contributed by atoms with E-state index in [0.29, 0.717) is 11.1 Å². The van der Waals surface area contributed by atoms with Gasteiger partial charge in [-0.3, -0.25) is 0 Å². The Kier molecular flexibility index (Phi) is 2.57. The molecule has 4 aromatic rings. The number of hydrogen-bond acceptors (Lipinski definition) is 4. The fourth-order valence-corrected chi connectivity index (χ4v) is 4.65. The summed E-state index contributed by atoms with van der Waals surface area (Å²) in [4.78, 5) is 11.7. The van der Waals surface area contributed by atoms with Gasteiger partial charge in [-0.15, -0.1) is 16.4 Å². The van der Waals surface area contributed by atoms with Crippen molar-refractivity contribution in [2.75, 3.05) is 0 Å². The first-order valence-electron chi connectivity index (χ1n) is 7.23. The van der Waals surface area contributed by atoms with Crippen LogP contribution in [0.4, 0.5) is 0 Å². The van der Waals surface area contributed by atoms with E-state index in [1.807, 2.05) is 30.3 Å². The second-order valence-electron chi connectivity index (χ2n) is 5.46. The number of benzene rings is 1. The van der Waals surface area contributed by atoms with Crippen molar-refractivity contribution >= 4 is 38.8 Å². The summed E-state index contributed by atoms with van der Waals surface area (Å²) in [6.07, 6.45) is 3.45. The number of nitrogens with zero attached hydrogens (tertiary/aromatic N) is 4. The van der Waals surface area contributed by atoms with Gasteiger partial charge in [0, 0.05) is 10.4 Å². The zero-order chi connectivity index (χ0) is 14.7. The maximum Gasteiger partial charge on any atom is 0.227 e. The molecule has 108 valence electrons. The van der Waals surface area contributed by atoms with Crippen molar-refractivity contribution in [1.29, 1.82) is 0 Å². The molecular formula is C16H11ClN4S. The second kappa shape index (κ2) is 4.51. The molecule has 4 nitrogen and oxygen atoms in total. The van der Waals surface area contributed by atoms with Crippen LogP contribution in [0.15, 0.2) is 30.3 Å². The molecular weight excluding hydrogens is 316 g/mol. The number of thiophene rings is 1. The molecule has 1 aliphatic rings. The Morgan fingerprint density at radius 1 is 1.09 bits per heavy atom. The molecule has 0 radical (unpaired) electrons. The van der Waals surface area contributed by atoms with Crippen LogP contribution >= 0.6 is 22.9 Å². The first-order chi connectivity index (χ1) is 10.8. The largest absolute Gasteiger partial charge is 0.227 e. The zero-order valence-electron chi connectivity index (χ0n) is 11.6. The van der Waals surface area contributed by atoms with Crippen molar-refractivity contribution in [2.45, 2.75) is 19.3 Å². The first kappa shape index (κ1) is 12.6. The maximum absolute atomic E-state index is 6.32. The third kappa shape index (κ3) is 1.66. The van der Waals surface area contributed by atoms with Gasteiger partial charge in [0.25, 0.3) is 0 Å². The second-order valence-corrected chi connectivity index (χ2v) is 6.88. The zero-order valence-corrected chi connectivity index (χ0v) is 13.2. The van der Waals surface area contributed by atoms with E-state index in [1.54, 1.807) is 15.9 Å². The lowest BCUT2D eigenvalue weighted by molar-refractivity contribution is 0.914. The van der Waals surface area contributed by atoms with E-state index in [1.165, 1.54) is 16.9 Å². The van der Waals surface area contributed by atoms with Crippen molar-refractivity contribution < 1.29 is 0 Å². The van der Waals surface area contributed by atoms with E-state index in [9.17, 15) is 0 Å². The van der Waals surface area contributed by atoms with Gasteiger partial charge < -0.3 is 0 Å². The summed E-state index contributed by atoms with van der Waals surface area (Å²) in [5.41, 5.74) is 3.21. The molecule has 0 amide bonds. The van der Waals surface area contributed by atoms with Gasteiger partial charge in [0.15, 0.2) is 11.5 Å². The van der Waals surface area contributed by atoms with E-state index in [2.05, 4.69) is 10.1 Å². The van der Waals surface area contributed by atoms with E-state index in [4.69, 9.17) is 16.6 Å². The van der Waals surface area contributed by atoms with Gasteiger partial charge in [0.05, 0.1) is 5.39 Å². The Morgan fingerprint density at radius 2 is 1.95 bits per heavy atom. The van der Waals surface area contributed by atoms with Crippen LogP contribution in [0, 0.1) is 0 Å². The van der Waals surface area contributed by atoms with E-state index in [0.717, 1.165) is 34.3 Å². The highest BCUT2D eigenvalue weighted by atomic mass is 35.5. The molecule has 3 aromatic heterocycles. The predicted molar refractivity (Wildman–Crippen MR) is 88.6 cm³/mol. The molecule has 0 saturated carbocycles. The molecule has 1 aromatic carbocycles. The van der Waals surface area contributed by atoms with Gasteiger partial charge in [-0.1, -0.05) is 30.3 Å². The standard InChI is InChI=1S/C16H11ClN4S/c17-16-19-15-12(10-7-4-8-11(10)22-15)14-18-13(20-21(14)16)9-5-2-1-3-6-9/h1-3,5-6H,4,7-8H2. The summed E-state index contributed by atoms with van der Waals surface area (Å²) in [6.45, 7) is 0. The van der Waals surface area contributed by atoms with Crippen molar-refractivity contribution in [3.63, 3.8) is 0 Å². The lowest BCUT2D eigenvalue weighted by Crippen LogP contribution is -1.94. The molecule has 6 heteroatoms. The van der Waals surface area contributed by atoms with Gasteiger partial charge in [-0.25, -0.2) is 9.97 Å². The molecule has 0 bridgehead atoms. The molecule has 0 saturated heterocycles. The SMILES string of the molecule is Clc1nc2sc3c(c2c2nc(-c4ccccc4)nn12)CCC3. The number of fused-ring (bicyclic) bond motifs is 5. The highest BCUT2D eigenvalue weighted by Crippen LogP contribution is 2.39. The Morgan fingerprint density at radius 3 is 2.82 bits per heavy atom. The summed E-state index contributed by atoms with van der Waals surface area (Å²) < 4.78 is 1.66. The lowest BCUT2D eigenvalue weighted by atomic mass is 10.2. The number of hydrogen-bond donors (Lipinski definition) is 0. The fourth-order valence-electron chi connectivity index (χ4n) is 3.14. The van der Waals surface area contributed by atoms with Gasteiger partial charge in [-0.05, 0) is 36.4 Å². The molecule has 1 aliphatic carbocycles. The third-order valence-corrected chi connectivity index (χ3v) is 5.56. The van der Waals surface area contributed by atoms with Crippen LogP contribution < -0.4 is 0 Å². The molecule has 22 heavy (non-hydrogen) atoms. The summed E-state index contributed by atoms with van der Waals surface area (Å²) in [7, 11) is 0. The van der Waals surface area contributed by atoms with Crippen LogP contribution in [0.3, 0.4) is 0 Å². The summed E-state index contributed by atoms with van der Waals surface area (Å²) in [6, 6.07) is 9.96. The molecule has 0 fully saturated rings. The maximum atomic E-state index is 6.32. The number of aryl methyl sites for hydroxylation is 2. The van der Waals surface area contributed by atoms with Crippen molar-refractivity contribution in [1.82, 2.24) is 19.6 Å². The lowest BCUT2D eigenvalue weighted by Gasteiger charge is -1.98. The Hall–Kier alpha value is -1.98. The van der Waals surface area contributed by atoms with Gasteiger partial charge >= 0.3 is 0 Å². The van der Waals surface area contributed by atoms with E-state index < -0.39 is 0 Å². The Balaban J connectivity index is 1.88. The number of aromatic nitrogens is 4. The van der Waals surface area contributed by atoms with Crippen molar-refractivity contribution in [3.8, 4) is 11.4 Å². The minimum atomic E-state index is 0.372. The molecule has 3 heterocycles. The molecule has 0 N–H and O–H groups in total. The smallest absolute Gasteiger partial charge is 0.207 e. The Labute approximate surface area is 135 Å². The van der Waals surface area contributed by atoms with Gasteiger partial charge in [0.1, 0.15) is 4.83 Å². The molecule has 0 atom stereocenters. The number of rotatable bonds is 1. The van der Waals surface area contributed by atoms with Crippen LogP contribution in [0.5, 0.6) is 0 Å². The normalized spacial score (nSPS) is 14.0. The predicted octanol–water partition coefficient (Wildman–Crippen LogP) is 4.15. The quantitative estimate of drug-likeness (QED) is 0.493. The first-order valence-corrected chi connectivity index (χ1v) is 8.42. The van der Waals surface area contributed by atoms with Gasteiger partial charge in [0.2, 0.25) is 5.28 Å². The van der Waals surface area contributed by atoms with Crippen LogP contribution in [-0.2, 0) is 12.8 Å². The fraction of sp³-hybridized carbons (Fsp3) is 0.188. The van der Waals surface area contributed by atoms with Gasteiger partial charge in [-0.2, -0.15) is 4.52 Å². The molecule has 5 rings (SSSR count). The Bertz CT molecular complexity index is 1020. The van der Waals surface area contributed by atoms with E-state index in [-0.39, 0.29) is 0 Å². The van der Waals surface area contributed by atoms with Crippen molar-refractivity contribution in [3.05, 3.63) is 46.1 Å². The number of halogens is 1. The summed E-state index contributed by atoms with van der Waals surface area (Å²) in [5.74, 6) is 0.690. The monoisotopic (exact) mass is 326 g/mol. The topological polar surface area (TPSA) is 43.1 Å². The minimum Gasteiger partial charge on any atom is -0.207 e. The molecule has 0 aliphatic heterocycles. The van der Waals surface area contributed by atoms with E-state index >= 15 is 0 Å². The third-order valence-electron chi connectivity index (χ3n) is 4.13. The molecule has 0 spiro atoms. The average Bonchev–Trinajstić information content (AvgIpc) is 3.21. The van der Waals surface area contributed by atoms with Crippen LogP contribution in [0.1, 0.15) is 16.9 Å².